The number of esters is 1. The Morgan fingerprint density at radius 3 is 0.951 bits per heavy atom. The third-order valence-electron chi connectivity index (χ3n) is 17.8. The van der Waals surface area contributed by atoms with E-state index in [9.17, 15) is 19.8 Å². The second kappa shape index (κ2) is 71.8. The van der Waals surface area contributed by atoms with Gasteiger partial charge in [0.15, 0.2) is 0 Å². The Balaban J connectivity index is 3.35. The molecule has 486 valence electrons. The number of amides is 1. The summed E-state index contributed by atoms with van der Waals surface area (Å²) in [6.07, 6.45) is 91.0. The van der Waals surface area contributed by atoms with Crippen molar-refractivity contribution in [2.45, 2.75) is 437 Å². The first kappa shape index (κ1) is 80.3. The normalized spacial score (nSPS) is 12.6. The number of aliphatic hydroxyl groups is 2. The summed E-state index contributed by atoms with van der Waals surface area (Å²) in [4.78, 5) is 24.7. The minimum Gasteiger partial charge on any atom is -0.466 e. The van der Waals surface area contributed by atoms with Gasteiger partial charge in [-0.2, -0.15) is 0 Å². The summed E-state index contributed by atoms with van der Waals surface area (Å²) in [5.41, 5.74) is 0. The molecule has 0 rings (SSSR count). The van der Waals surface area contributed by atoms with Gasteiger partial charge in [-0.15, -0.1) is 0 Å². The second-order valence-electron chi connectivity index (χ2n) is 26.0. The van der Waals surface area contributed by atoms with Crippen molar-refractivity contribution in [2.75, 3.05) is 13.2 Å². The molecule has 0 spiro atoms. The van der Waals surface area contributed by atoms with Gasteiger partial charge in [0.05, 0.1) is 25.4 Å². The molecular weight excluding hydrogens is 1010 g/mol. The van der Waals surface area contributed by atoms with E-state index in [1.807, 2.05) is 0 Å². The first-order valence-electron chi connectivity index (χ1n) is 37.6. The van der Waals surface area contributed by atoms with Gasteiger partial charge in [-0.25, -0.2) is 0 Å². The number of hydrogen-bond acceptors (Lipinski definition) is 5. The van der Waals surface area contributed by atoms with Crippen molar-refractivity contribution in [3.63, 3.8) is 0 Å². The molecule has 0 fully saturated rings. The molecule has 82 heavy (non-hydrogen) atoms. The van der Waals surface area contributed by atoms with E-state index >= 15 is 0 Å². The summed E-state index contributed by atoms with van der Waals surface area (Å²) in [6.45, 7) is 4.97. The number of ether oxygens (including phenoxy) is 1. The zero-order valence-corrected chi connectivity index (χ0v) is 55.8. The molecule has 0 saturated carbocycles. The van der Waals surface area contributed by atoms with E-state index in [1.54, 1.807) is 0 Å². The topological polar surface area (TPSA) is 95.9 Å². The molecule has 0 aromatic rings. The standard InChI is InChI=1S/C76H147NO5/c1-3-5-7-9-11-13-15-17-19-21-23-29-33-36-40-44-48-52-56-60-64-68-74(79)73(72-78)77-75(80)69-65-61-57-53-49-45-41-37-34-30-27-25-24-26-28-31-35-39-43-47-51-55-59-63-67-71-82-76(81)70-66-62-58-54-50-46-42-38-32-22-20-18-16-14-12-10-8-6-4-2/h12,14,18,20,73-74,78-79H,3-11,13,15-17,19,21-72H2,1-2H3,(H,77,80)/b14-12-,20-18-. The second-order valence-corrected chi connectivity index (χ2v) is 26.0. The van der Waals surface area contributed by atoms with Gasteiger partial charge in [-0.1, -0.05) is 378 Å². The summed E-state index contributed by atoms with van der Waals surface area (Å²) in [5, 5.41) is 23.4. The fourth-order valence-corrected chi connectivity index (χ4v) is 12.0. The van der Waals surface area contributed by atoms with E-state index in [4.69, 9.17) is 4.74 Å². The molecule has 0 heterocycles. The first-order chi connectivity index (χ1) is 40.5. The Labute approximate surface area is 513 Å². The Hall–Kier alpha value is -1.66. The number of nitrogens with one attached hydrogen (secondary N) is 1. The highest BCUT2D eigenvalue weighted by atomic mass is 16.5. The predicted molar refractivity (Wildman–Crippen MR) is 361 cm³/mol. The monoisotopic (exact) mass is 1150 g/mol. The summed E-state index contributed by atoms with van der Waals surface area (Å²) in [5.74, 6) is -0.0146. The number of hydrogen-bond donors (Lipinski definition) is 3. The summed E-state index contributed by atoms with van der Waals surface area (Å²) < 4.78 is 5.51. The van der Waals surface area contributed by atoms with Crippen molar-refractivity contribution < 1.29 is 24.5 Å². The van der Waals surface area contributed by atoms with Crippen molar-refractivity contribution in [2.24, 2.45) is 0 Å². The van der Waals surface area contributed by atoms with Gasteiger partial charge in [0.2, 0.25) is 5.91 Å². The van der Waals surface area contributed by atoms with Crippen LogP contribution in [0.3, 0.4) is 0 Å². The maximum atomic E-state index is 12.6. The molecule has 0 radical (unpaired) electrons. The molecule has 0 aromatic carbocycles. The van der Waals surface area contributed by atoms with Crippen LogP contribution in [0, 0.1) is 0 Å². The quantitative estimate of drug-likeness (QED) is 0.0320. The van der Waals surface area contributed by atoms with Crippen LogP contribution in [0.15, 0.2) is 24.3 Å². The molecule has 2 atom stereocenters. The number of rotatable bonds is 71. The predicted octanol–water partition coefficient (Wildman–Crippen LogP) is 24.5. The minimum absolute atomic E-state index is 0.0138. The van der Waals surface area contributed by atoms with Crippen LogP contribution in [0.2, 0.25) is 0 Å². The van der Waals surface area contributed by atoms with Crippen LogP contribution in [-0.4, -0.2) is 47.4 Å². The first-order valence-corrected chi connectivity index (χ1v) is 37.6. The van der Waals surface area contributed by atoms with Crippen LogP contribution in [0.4, 0.5) is 0 Å². The molecule has 0 aliphatic heterocycles. The van der Waals surface area contributed by atoms with E-state index in [-0.39, 0.29) is 18.5 Å². The third kappa shape index (κ3) is 67.5. The summed E-state index contributed by atoms with van der Waals surface area (Å²) in [7, 11) is 0. The van der Waals surface area contributed by atoms with Gasteiger partial charge >= 0.3 is 5.97 Å². The number of carbonyl (C=O) groups excluding carboxylic acids is 2. The fraction of sp³-hybridized carbons (Fsp3) is 0.921. The summed E-state index contributed by atoms with van der Waals surface area (Å²) >= 11 is 0. The van der Waals surface area contributed by atoms with Crippen molar-refractivity contribution >= 4 is 11.9 Å². The van der Waals surface area contributed by atoms with E-state index in [2.05, 4.69) is 43.5 Å². The molecule has 0 saturated heterocycles. The van der Waals surface area contributed by atoms with Crippen LogP contribution >= 0.6 is 0 Å². The third-order valence-corrected chi connectivity index (χ3v) is 17.8. The van der Waals surface area contributed by atoms with Crippen molar-refractivity contribution in [3.8, 4) is 0 Å². The lowest BCUT2D eigenvalue weighted by atomic mass is 10.0. The number of unbranched alkanes of at least 4 members (excludes halogenated alkanes) is 56. The average molecular weight is 1160 g/mol. The zero-order chi connectivity index (χ0) is 59.2. The minimum atomic E-state index is -0.664. The lowest BCUT2D eigenvalue weighted by molar-refractivity contribution is -0.143. The molecule has 0 bridgehead atoms. The molecule has 6 nitrogen and oxygen atoms in total. The maximum Gasteiger partial charge on any atom is 0.305 e. The number of allylic oxidation sites excluding steroid dienone is 4. The zero-order valence-electron chi connectivity index (χ0n) is 55.8. The number of aliphatic hydroxyl groups excluding tert-OH is 2. The average Bonchev–Trinajstić information content (AvgIpc) is 3.48. The Morgan fingerprint density at radius 1 is 0.341 bits per heavy atom. The highest BCUT2D eigenvalue weighted by Gasteiger charge is 2.20. The molecule has 1 amide bonds. The summed E-state index contributed by atoms with van der Waals surface area (Å²) in [6, 6.07) is -0.541. The van der Waals surface area contributed by atoms with Crippen LogP contribution < -0.4 is 5.32 Å². The van der Waals surface area contributed by atoms with Gasteiger partial charge in [-0.05, 0) is 57.8 Å². The van der Waals surface area contributed by atoms with Gasteiger partial charge in [0, 0.05) is 12.8 Å². The van der Waals surface area contributed by atoms with Crippen LogP contribution in [0.25, 0.3) is 0 Å². The SMILES string of the molecule is CCCCC/C=C\C/C=C\CCCCCCCCCCCC(=O)OCCCCCCCCCCCCCCCCCCCCCCCCCCCC(=O)NC(CO)C(O)CCCCCCCCCCCCCCCCCCCCCCC. The van der Waals surface area contributed by atoms with Crippen molar-refractivity contribution in [1.29, 1.82) is 0 Å². The van der Waals surface area contributed by atoms with Crippen LogP contribution in [0.1, 0.15) is 425 Å². The van der Waals surface area contributed by atoms with Gasteiger partial charge in [-0.3, -0.25) is 9.59 Å². The molecule has 0 aromatic heterocycles. The lowest BCUT2D eigenvalue weighted by Gasteiger charge is -2.22. The van der Waals surface area contributed by atoms with Crippen molar-refractivity contribution in [1.82, 2.24) is 5.32 Å². The molecular formula is C76H147NO5. The highest BCUT2D eigenvalue weighted by Crippen LogP contribution is 2.20. The molecule has 3 N–H and O–H groups in total. The smallest absolute Gasteiger partial charge is 0.305 e. The van der Waals surface area contributed by atoms with E-state index in [0.717, 1.165) is 51.4 Å². The largest absolute Gasteiger partial charge is 0.466 e. The lowest BCUT2D eigenvalue weighted by Crippen LogP contribution is -2.45. The van der Waals surface area contributed by atoms with E-state index in [1.165, 1.54) is 340 Å². The van der Waals surface area contributed by atoms with Crippen LogP contribution in [-0.2, 0) is 14.3 Å². The van der Waals surface area contributed by atoms with Gasteiger partial charge in [0.1, 0.15) is 0 Å². The molecule has 0 aliphatic carbocycles. The molecule has 0 aliphatic rings. The van der Waals surface area contributed by atoms with Crippen molar-refractivity contribution in [3.05, 3.63) is 24.3 Å². The fourth-order valence-electron chi connectivity index (χ4n) is 12.0. The highest BCUT2D eigenvalue weighted by molar-refractivity contribution is 5.76. The van der Waals surface area contributed by atoms with E-state index in [0.29, 0.717) is 25.9 Å². The Bertz CT molecular complexity index is 1280. The Morgan fingerprint density at radius 2 is 0.610 bits per heavy atom. The van der Waals surface area contributed by atoms with Gasteiger partial charge in [0.25, 0.3) is 0 Å². The van der Waals surface area contributed by atoms with E-state index < -0.39 is 12.1 Å². The molecule has 2 unspecified atom stereocenters. The van der Waals surface area contributed by atoms with Crippen LogP contribution in [0.5, 0.6) is 0 Å². The maximum absolute atomic E-state index is 12.6. The molecule has 6 heteroatoms. The number of carbonyl (C=O) groups is 2. The Kier molecular flexibility index (Phi) is 70.4. The van der Waals surface area contributed by atoms with Gasteiger partial charge < -0.3 is 20.3 Å².